The van der Waals surface area contributed by atoms with Crippen LogP contribution in [0.1, 0.15) is 77.2 Å². The van der Waals surface area contributed by atoms with Gasteiger partial charge < -0.3 is 44.7 Å². The number of methoxy groups -OCH3 is 1. The number of fused-ring (bicyclic) bond motifs is 1. The fourth-order valence-corrected chi connectivity index (χ4v) is 9.07. The molecule has 4 aliphatic heterocycles. The zero-order valence-corrected chi connectivity index (χ0v) is 36.5. The lowest BCUT2D eigenvalue weighted by atomic mass is 9.78. The molecule has 1 amide bonds. The van der Waals surface area contributed by atoms with Crippen molar-refractivity contribution in [1.29, 1.82) is 0 Å². The summed E-state index contributed by atoms with van der Waals surface area (Å²) in [6, 6.07) is 0. The fourth-order valence-electron chi connectivity index (χ4n) is 9.07. The first kappa shape index (κ1) is 45.4. The number of benzene rings is 2. The van der Waals surface area contributed by atoms with Crippen LogP contribution in [0.2, 0.25) is 0 Å². The second kappa shape index (κ2) is 17.7. The van der Waals surface area contributed by atoms with Gasteiger partial charge in [-0.1, -0.05) is 52.0 Å². The summed E-state index contributed by atoms with van der Waals surface area (Å²) >= 11 is 0. The SMILES string of the molecule is C=CCN1CCC2(CC1)CN=c1c3c(O)c4c(O)c(C)c5c(c4c1=N2)C(=O)[C@@](C)(O/C=C/[C@H](OC)[C@@H](C)[C@@H](OC(C)=O)[C@H](C)[C@H](O)[C@H](C)[C@@H](O)[C@@H](C)/C=C/C=C(/C)C(=O)N3)O5. The highest BCUT2D eigenvalue weighted by molar-refractivity contribution is 6.19. The van der Waals surface area contributed by atoms with E-state index in [4.69, 9.17) is 28.9 Å². The number of amides is 1. The van der Waals surface area contributed by atoms with E-state index in [0.717, 1.165) is 19.6 Å². The van der Waals surface area contributed by atoms with E-state index in [2.05, 4.69) is 16.8 Å². The number of carbonyl (C=O) groups is 3. The van der Waals surface area contributed by atoms with Gasteiger partial charge in [0.2, 0.25) is 0 Å². The minimum absolute atomic E-state index is 0.0289. The number of ketones is 1. The lowest BCUT2D eigenvalue weighted by Gasteiger charge is -2.39. The smallest absolute Gasteiger partial charge is 0.312 e. The van der Waals surface area contributed by atoms with Gasteiger partial charge in [0.1, 0.15) is 28.6 Å². The molecule has 2 aromatic rings. The molecular formula is C46H60N4O11. The van der Waals surface area contributed by atoms with Crippen LogP contribution in [-0.4, -0.2) is 112 Å². The molecule has 15 heteroatoms. The van der Waals surface area contributed by atoms with E-state index in [1.165, 1.54) is 27.2 Å². The number of allylic oxidation sites excluding steroid dienone is 2. The molecule has 9 atom stereocenters. The average Bonchev–Trinajstić information content (AvgIpc) is 3.49. The number of phenols is 2. The average molecular weight is 845 g/mol. The van der Waals surface area contributed by atoms with Crippen molar-refractivity contribution in [2.75, 3.05) is 38.6 Å². The molecule has 0 aliphatic carbocycles. The van der Waals surface area contributed by atoms with Crippen molar-refractivity contribution >= 4 is 34.1 Å². The number of rotatable bonds is 4. The lowest BCUT2D eigenvalue weighted by molar-refractivity contribution is -0.160. The number of ether oxygens (including phenoxy) is 4. The van der Waals surface area contributed by atoms with Crippen LogP contribution in [0.5, 0.6) is 17.2 Å². The maximum atomic E-state index is 14.8. The Hall–Kier alpha value is -5.09. The number of hydrogen-bond donors (Lipinski definition) is 5. The highest BCUT2D eigenvalue weighted by Gasteiger charge is 2.50. The van der Waals surface area contributed by atoms with Crippen molar-refractivity contribution in [3.05, 3.63) is 70.6 Å². The molecular weight excluding hydrogens is 785 g/mol. The maximum absolute atomic E-state index is 14.8. The van der Waals surface area contributed by atoms with E-state index < -0.39 is 82.8 Å². The van der Waals surface area contributed by atoms with E-state index in [1.54, 1.807) is 65.8 Å². The van der Waals surface area contributed by atoms with E-state index in [0.29, 0.717) is 12.8 Å². The summed E-state index contributed by atoms with van der Waals surface area (Å²) in [6.07, 6.45) is 7.04. The van der Waals surface area contributed by atoms with Gasteiger partial charge >= 0.3 is 11.8 Å². The number of aliphatic hydroxyl groups is 2. The van der Waals surface area contributed by atoms with Crippen LogP contribution in [0.3, 0.4) is 0 Å². The summed E-state index contributed by atoms with van der Waals surface area (Å²) in [5.41, 5.74) is -0.319. The quantitative estimate of drug-likeness (QED) is 0.166. The van der Waals surface area contributed by atoms with Crippen LogP contribution in [0.25, 0.3) is 10.8 Å². The van der Waals surface area contributed by atoms with Crippen LogP contribution >= 0.6 is 0 Å². The molecule has 0 unspecified atom stereocenters. The third-order valence-electron chi connectivity index (χ3n) is 13.0. The molecule has 5 N–H and O–H groups in total. The third kappa shape index (κ3) is 8.45. The van der Waals surface area contributed by atoms with Crippen LogP contribution in [0, 0.1) is 30.6 Å². The van der Waals surface area contributed by atoms with Crippen LogP contribution in [-0.2, 0) is 23.8 Å². The van der Waals surface area contributed by atoms with E-state index >= 15 is 0 Å². The maximum Gasteiger partial charge on any atom is 0.312 e. The van der Waals surface area contributed by atoms with Crippen molar-refractivity contribution < 1.29 is 53.8 Å². The predicted molar refractivity (Wildman–Crippen MR) is 228 cm³/mol. The second-order valence-corrected chi connectivity index (χ2v) is 17.3. The summed E-state index contributed by atoms with van der Waals surface area (Å²) in [7, 11) is 1.47. The first-order valence-corrected chi connectivity index (χ1v) is 20.9. The topological polar surface area (TPSA) is 209 Å². The van der Waals surface area contributed by atoms with Gasteiger partial charge in [-0.05, 0) is 32.8 Å². The number of likely N-dealkylation sites (tertiary alicyclic amines) is 1. The lowest BCUT2D eigenvalue weighted by Crippen LogP contribution is -2.50. The van der Waals surface area contributed by atoms with Gasteiger partial charge in [0, 0.05) is 80.8 Å². The Morgan fingerprint density at radius 1 is 1.02 bits per heavy atom. The van der Waals surface area contributed by atoms with Gasteiger partial charge in [0.15, 0.2) is 5.75 Å². The number of nitrogens with zero attached hydrogens (tertiary/aromatic N) is 3. The minimum Gasteiger partial charge on any atom is -0.507 e. The molecule has 2 aromatic carbocycles. The summed E-state index contributed by atoms with van der Waals surface area (Å²) in [6.45, 7) is 19.1. The number of Topliss-reactive ketones (excluding diaryl/α,β-unsaturated/α-hetero) is 1. The molecule has 1 fully saturated rings. The van der Waals surface area contributed by atoms with Crippen molar-refractivity contribution in [2.45, 2.75) is 104 Å². The first-order chi connectivity index (χ1) is 28.8. The molecule has 15 nitrogen and oxygen atoms in total. The Balaban J connectivity index is 1.56. The molecule has 61 heavy (non-hydrogen) atoms. The molecule has 0 radical (unpaired) electrons. The number of aliphatic hydroxyl groups excluding tert-OH is 2. The van der Waals surface area contributed by atoms with E-state index in [1.807, 2.05) is 6.08 Å². The van der Waals surface area contributed by atoms with Crippen molar-refractivity contribution in [1.82, 2.24) is 4.90 Å². The molecule has 1 saturated heterocycles. The molecule has 4 bridgehead atoms. The molecule has 1 spiro atoms. The van der Waals surface area contributed by atoms with Crippen molar-refractivity contribution in [3.63, 3.8) is 0 Å². The number of hydrogen-bond acceptors (Lipinski definition) is 14. The number of piperidine rings is 1. The van der Waals surface area contributed by atoms with Crippen LogP contribution in [0.15, 0.2) is 58.8 Å². The molecule has 4 heterocycles. The monoisotopic (exact) mass is 844 g/mol. The summed E-state index contributed by atoms with van der Waals surface area (Å²) in [5.74, 6) is -6.97. The Morgan fingerprint density at radius 3 is 2.34 bits per heavy atom. The number of anilines is 1. The molecule has 0 aromatic heterocycles. The van der Waals surface area contributed by atoms with Gasteiger partial charge in [-0.2, -0.15) is 0 Å². The van der Waals surface area contributed by atoms with Crippen molar-refractivity contribution in [3.8, 4) is 17.2 Å². The standard InChI is InChI=1S/C46H60N4O11/c1-11-18-50-19-16-46(17-20-50)22-47-35-34(49-46)31-32-39(54)28(7)42-33(31)43(56)45(9,61-42)59-21-15-30(58-10)25(4)41(60-29(8)51)27(6)38(53)26(5)37(52)23(2)13-12-14-24(3)44(57)48-36(35)40(32)55/h11-15,21,23,25-27,30,37-38,41,52-55H,1,16-20,22H2,2-10H3,(H,48,57)/b13-12+,21-15+,24-14-/t23-,25+,26+,27+,30-,37-,38+,41+,45-/m0/s1. The number of esters is 1. The predicted octanol–water partition coefficient (Wildman–Crippen LogP) is 4.32. The van der Waals surface area contributed by atoms with Crippen LogP contribution < -0.4 is 20.8 Å². The zero-order chi connectivity index (χ0) is 44.7. The third-order valence-corrected chi connectivity index (χ3v) is 13.0. The Morgan fingerprint density at radius 2 is 1.70 bits per heavy atom. The number of phenolic OH excluding ortho intramolecular Hbond substituents is 2. The Labute approximate surface area is 356 Å². The van der Waals surface area contributed by atoms with Gasteiger partial charge in [-0.3, -0.25) is 29.3 Å². The highest BCUT2D eigenvalue weighted by atomic mass is 16.7. The van der Waals surface area contributed by atoms with Gasteiger partial charge in [0.05, 0.1) is 53.0 Å². The van der Waals surface area contributed by atoms with E-state index in [-0.39, 0.29) is 61.9 Å². The van der Waals surface area contributed by atoms with Gasteiger partial charge in [0.25, 0.3) is 11.7 Å². The summed E-state index contributed by atoms with van der Waals surface area (Å²) < 4.78 is 24.0. The minimum atomic E-state index is -1.97. The van der Waals surface area contributed by atoms with Gasteiger partial charge in [-0.15, -0.1) is 6.58 Å². The zero-order valence-electron chi connectivity index (χ0n) is 36.5. The van der Waals surface area contributed by atoms with Gasteiger partial charge in [-0.25, -0.2) is 0 Å². The molecule has 6 rings (SSSR count). The largest absolute Gasteiger partial charge is 0.507 e. The van der Waals surface area contributed by atoms with Crippen molar-refractivity contribution in [2.24, 2.45) is 33.7 Å². The summed E-state index contributed by atoms with van der Waals surface area (Å²) in [5, 5.41) is 50.1. The fraction of sp³-hybridized carbons (Fsp3) is 0.543. The Bertz CT molecular complexity index is 2310. The molecule has 4 aliphatic rings. The van der Waals surface area contributed by atoms with Crippen LogP contribution in [0.4, 0.5) is 5.69 Å². The second-order valence-electron chi connectivity index (χ2n) is 17.3. The molecule has 0 saturated carbocycles. The Kier molecular flexibility index (Phi) is 13.2. The number of carbonyl (C=O) groups excluding carboxylic acids is 3. The number of nitrogens with one attached hydrogen (secondary N) is 1. The van der Waals surface area contributed by atoms with E-state index in [9.17, 15) is 34.8 Å². The highest BCUT2D eigenvalue weighted by Crippen LogP contribution is 2.49. The normalized spacial score (nSPS) is 32.7. The number of aromatic hydroxyl groups is 2. The molecule has 330 valence electrons. The first-order valence-electron chi connectivity index (χ1n) is 20.9. The summed E-state index contributed by atoms with van der Waals surface area (Å²) in [4.78, 5) is 53.6.